The van der Waals surface area contributed by atoms with Crippen molar-refractivity contribution in [1.82, 2.24) is 19.9 Å². The van der Waals surface area contributed by atoms with Crippen molar-refractivity contribution < 1.29 is 14.1 Å². The Hall–Kier alpha value is -2.97. The van der Waals surface area contributed by atoms with E-state index in [9.17, 15) is 9.59 Å². The number of aromatic nitrogens is 2. The standard InChI is InChI=1S/C25H24BrClN4O3/c1-2-14-30(25(33)19-7-3-4-8-20(19)27)16-22(32)31-15-6-5-9-21(31)24-28-23(29-34-24)17-10-12-18(26)13-11-17/h2-4,7-8,10-13,21H,1,5-6,9,14-16H2. The van der Waals surface area contributed by atoms with Crippen LogP contribution in [0.25, 0.3) is 11.4 Å². The molecule has 7 nitrogen and oxygen atoms in total. The molecule has 176 valence electrons. The Kier molecular flexibility index (Phi) is 7.80. The Bertz CT molecular complexity index is 1180. The maximum atomic E-state index is 13.4. The maximum absolute atomic E-state index is 13.4. The van der Waals surface area contributed by atoms with E-state index < -0.39 is 0 Å². The molecule has 34 heavy (non-hydrogen) atoms. The lowest BCUT2D eigenvalue weighted by Crippen LogP contribution is -2.46. The minimum absolute atomic E-state index is 0.0969. The Balaban J connectivity index is 1.53. The summed E-state index contributed by atoms with van der Waals surface area (Å²) >= 11 is 9.63. The van der Waals surface area contributed by atoms with E-state index in [1.54, 1.807) is 35.2 Å². The number of likely N-dealkylation sites (tertiary alicyclic amines) is 1. The second-order valence-electron chi connectivity index (χ2n) is 8.02. The second-order valence-corrected chi connectivity index (χ2v) is 9.34. The normalized spacial score (nSPS) is 15.7. The summed E-state index contributed by atoms with van der Waals surface area (Å²) in [4.78, 5) is 34.2. The zero-order valence-corrected chi connectivity index (χ0v) is 20.8. The predicted octanol–water partition coefficient (Wildman–Crippen LogP) is 5.53. The van der Waals surface area contributed by atoms with E-state index in [4.69, 9.17) is 16.1 Å². The quantitative estimate of drug-likeness (QED) is 0.366. The lowest BCUT2D eigenvalue weighted by atomic mass is 10.0. The lowest BCUT2D eigenvalue weighted by molar-refractivity contribution is -0.136. The average molecular weight is 544 g/mol. The minimum atomic E-state index is -0.334. The van der Waals surface area contributed by atoms with Gasteiger partial charge in [0.25, 0.3) is 5.91 Å². The number of amides is 2. The van der Waals surface area contributed by atoms with E-state index in [1.807, 2.05) is 24.3 Å². The van der Waals surface area contributed by atoms with Gasteiger partial charge in [-0.25, -0.2) is 0 Å². The van der Waals surface area contributed by atoms with E-state index in [2.05, 4.69) is 32.6 Å². The van der Waals surface area contributed by atoms with Crippen molar-refractivity contribution in [3.05, 3.63) is 82.1 Å². The van der Waals surface area contributed by atoms with Crippen LogP contribution < -0.4 is 0 Å². The minimum Gasteiger partial charge on any atom is -0.337 e. The maximum Gasteiger partial charge on any atom is 0.256 e. The molecule has 2 amide bonds. The molecule has 0 radical (unpaired) electrons. The van der Waals surface area contributed by atoms with Crippen molar-refractivity contribution in [2.45, 2.75) is 25.3 Å². The highest BCUT2D eigenvalue weighted by atomic mass is 79.9. The molecule has 2 aromatic carbocycles. The summed E-state index contributed by atoms with van der Waals surface area (Å²) in [5.41, 5.74) is 1.18. The molecule has 0 bridgehead atoms. The first-order chi connectivity index (χ1) is 16.5. The summed E-state index contributed by atoms with van der Waals surface area (Å²) in [5.74, 6) is 0.374. The zero-order valence-electron chi connectivity index (χ0n) is 18.5. The van der Waals surface area contributed by atoms with Gasteiger partial charge < -0.3 is 14.3 Å². The molecule has 0 aliphatic carbocycles. The fourth-order valence-corrected chi connectivity index (χ4v) is 4.49. The summed E-state index contributed by atoms with van der Waals surface area (Å²) in [6, 6.07) is 14.1. The third-order valence-electron chi connectivity index (χ3n) is 5.72. The van der Waals surface area contributed by atoms with Crippen molar-refractivity contribution in [1.29, 1.82) is 0 Å². The number of hydrogen-bond donors (Lipinski definition) is 0. The van der Waals surface area contributed by atoms with Gasteiger partial charge in [0.05, 0.1) is 10.6 Å². The van der Waals surface area contributed by atoms with Crippen molar-refractivity contribution >= 4 is 39.3 Å². The van der Waals surface area contributed by atoms with E-state index >= 15 is 0 Å². The SMILES string of the molecule is C=CCN(CC(=O)N1CCCCC1c1nc(-c2ccc(Br)cc2)no1)C(=O)c1ccccc1Cl. The third kappa shape index (κ3) is 5.39. The van der Waals surface area contributed by atoms with Gasteiger partial charge in [0, 0.05) is 23.1 Å². The topological polar surface area (TPSA) is 79.5 Å². The summed E-state index contributed by atoms with van der Waals surface area (Å²) in [6.45, 7) is 4.42. The Morgan fingerprint density at radius 2 is 1.97 bits per heavy atom. The van der Waals surface area contributed by atoms with Crippen molar-refractivity contribution in [3.8, 4) is 11.4 Å². The van der Waals surface area contributed by atoms with Crippen LogP contribution in [0, 0.1) is 0 Å². The summed E-state index contributed by atoms with van der Waals surface area (Å²) < 4.78 is 6.53. The molecule has 1 saturated heterocycles. The van der Waals surface area contributed by atoms with Crippen LogP contribution in [0.2, 0.25) is 5.02 Å². The fraction of sp³-hybridized carbons (Fsp3) is 0.280. The van der Waals surface area contributed by atoms with Gasteiger partial charge in [-0.2, -0.15) is 4.98 Å². The molecule has 2 heterocycles. The monoisotopic (exact) mass is 542 g/mol. The highest BCUT2D eigenvalue weighted by Gasteiger charge is 2.33. The molecule has 9 heteroatoms. The van der Waals surface area contributed by atoms with Gasteiger partial charge in [0.1, 0.15) is 12.6 Å². The molecule has 0 N–H and O–H groups in total. The molecule has 0 saturated carbocycles. The number of piperidine rings is 1. The van der Waals surface area contributed by atoms with Crippen molar-refractivity contribution in [2.24, 2.45) is 0 Å². The van der Waals surface area contributed by atoms with Crippen LogP contribution in [0.15, 0.2) is 70.2 Å². The summed E-state index contributed by atoms with van der Waals surface area (Å²) in [5, 5.41) is 4.46. The number of hydrogen-bond acceptors (Lipinski definition) is 5. The molecule has 1 aliphatic rings. The second kappa shape index (κ2) is 11.0. The van der Waals surface area contributed by atoms with E-state index in [1.165, 1.54) is 4.90 Å². The van der Waals surface area contributed by atoms with Crippen LogP contribution >= 0.6 is 27.5 Å². The molecule has 1 unspecified atom stereocenters. The van der Waals surface area contributed by atoms with Crippen LogP contribution in [-0.2, 0) is 4.79 Å². The van der Waals surface area contributed by atoms with Gasteiger partial charge in [0.2, 0.25) is 17.6 Å². The largest absolute Gasteiger partial charge is 0.337 e. The zero-order chi connectivity index (χ0) is 24.1. The van der Waals surface area contributed by atoms with Crippen LogP contribution in [0.3, 0.4) is 0 Å². The highest BCUT2D eigenvalue weighted by Crippen LogP contribution is 2.31. The summed E-state index contributed by atoms with van der Waals surface area (Å²) in [6.07, 6.45) is 4.13. The van der Waals surface area contributed by atoms with Gasteiger partial charge in [0.15, 0.2) is 0 Å². The fourth-order valence-electron chi connectivity index (χ4n) is 4.01. The Labute approximate surface area is 211 Å². The smallest absolute Gasteiger partial charge is 0.256 e. The average Bonchev–Trinajstić information content (AvgIpc) is 3.34. The molecule has 4 rings (SSSR count). The Morgan fingerprint density at radius 1 is 1.21 bits per heavy atom. The molecule has 1 fully saturated rings. The first kappa shape index (κ1) is 24.2. The molecular formula is C25H24BrClN4O3. The molecule has 0 spiro atoms. The van der Waals surface area contributed by atoms with E-state index in [-0.39, 0.29) is 30.9 Å². The van der Waals surface area contributed by atoms with Crippen molar-refractivity contribution in [3.63, 3.8) is 0 Å². The highest BCUT2D eigenvalue weighted by molar-refractivity contribution is 9.10. The van der Waals surface area contributed by atoms with Crippen molar-refractivity contribution in [2.75, 3.05) is 19.6 Å². The van der Waals surface area contributed by atoms with Gasteiger partial charge in [-0.1, -0.05) is 50.9 Å². The number of rotatable bonds is 7. The molecule has 1 atom stereocenters. The van der Waals surface area contributed by atoms with Gasteiger partial charge in [-0.15, -0.1) is 6.58 Å². The number of benzene rings is 2. The molecule has 1 aliphatic heterocycles. The first-order valence-corrected chi connectivity index (χ1v) is 12.2. The molecule has 1 aromatic heterocycles. The first-order valence-electron chi connectivity index (χ1n) is 11.0. The summed E-state index contributed by atoms with van der Waals surface area (Å²) in [7, 11) is 0. The van der Waals surface area contributed by atoms with Crippen LogP contribution in [0.4, 0.5) is 0 Å². The number of carbonyl (C=O) groups is 2. The van der Waals surface area contributed by atoms with Crippen LogP contribution in [0.5, 0.6) is 0 Å². The van der Waals surface area contributed by atoms with Crippen LogP contribution in [-0.4, -0.2) is 51.4 Å². The lowest BCUT2D eigenvalue weighted by Gasteiger charge is -2.35. The number of halogens is 2. The van der Waals surface area contributed by atoms with Gasteiger partial charge in [-0.3, -0.25) is 9.59 Å². The van der Waals surface area contributed by atoms with Crippen LogP contribution in [0.1, 0.15) is 41.6 Å². The van der Waals surface area contributed by atoms with E-state index in [0.717, 1.165) is 22.9 Å². The van der Waals surface area contributed by atoms with E-state index in [0.29, 0.717) is 35.3 Å². The predicted molar refractivity (Wildman–Crippen MR) is 133 cm³/mol. The molecule has 3 aromatic rings. The van der Waals surface area contributed by atoms with Gasteiger partial charge >= 0.3 is 0 Å². The number of carbonyl (C=O) groups excluding carboxylic acids is 2. The number of nitrogens with zero attached hydrogens (tertiary/aromatic N) is 4. The molecular weight excluding hydrogens is 520 g/mol. The third-order valence-corrected chi connectivity index (χ3v) is 6.58. The Morgan fingerprint density at radius 3 is 2.71 bits per heavy atom. The van der Waals surface area contributed by atoms with Gasteiger partial charge in [-0.05, 0) is 55.7 Å².